The molecule has 5 nitrogen and oxygen atoms in total. The minimum atomic E-state index is 0.0191. The SMILES string of the molecule is Cc1csc([C@@H]2CCCCN2C(=O)c2cncnc2C)n1. The van der Waals surface area contributed by atoms with Crippen molar-refractivity contribution >= 4 is 17.2 Å². The van der Waals surface area contributed by atoms with E-state index in [4.69, 9.17) is 0 Å². The number of rotatable bonds is 2. The maximum Gasteiger partial charge on any atom is 0.257 e. The Bertz CT molecular complexity index is 655. The van der Waals surface area contributed by atoms with Gasteiger partial charge in [-0.2, -0.15) is 0 Å². The Hall–Kier alpha value is -1.82. The molecule has 0 saturated carbocycles. The van der Waals surface area contributed by atoms with Gasteiger partial charge in [0, 0.05) is 23.8 Å². The third-order valence-electron chi connectivity index (χ3n) is 3.83. The van der Waals surface area contributed by atoms with E-state index in [9.17, 15) is 4.79 Å². The lowest BCUT2D eigenvalue weighted by atomic mass is 10.0. The fraction of sp³-hybridized carbons (Fsp3) is 0.467. The number of aryl methyl sites for hydroxylation is 2. The summed E-state index contributed by atoms with van der Waals surface area (Å²) in [5.41, 5.74) is 2.35. The molecule has 0 N–H and O–H groups in total. The van der Waals surface area contributed by atoms with Gasteiger partial charge in [-0.25, -0.2) is 15.0 Å². The first-order chi connectivity index (χ1) is 10.2. The molecular formula is C15H18N4OS. The van der Waals surface area contributed by atoms with Crippen molar-refractivity contribution in [3.63, 3.8) is 0 Å². The van der Waals surface area contributed by atoms with E-state index in [-0.39, 0.29) is 11.9 Å². The molecule has 110 valence electrons. The molecule has 3 heterocycles. The zero-order valence-corrected chi connectivity index (χ0v) is 13.1. The lowest BCUT2D eigenvalue weighted by molar-refractivity contribution is 0.0609. The van der Waals surface area contributed by atoms with E-state index < -0.39 is 0 Å². The van der Waals surface area contributed by atoms with E-state index in [1.807, 2.05) is 24.1 Å². The van der Waals surface area contributed by atoms with Gasteiger partial charge >= 0.3 is 0 Å². The van der Waals surface area contributed by atoms with Crippen molar-refractivity contribution < 1.29 is 4.79 Å². The predicted octanol–water partition coefficient (Wildman–Crippen LogP) is 2.92. The van der Waals surface area contributed by atoms with Crippen LogP contribution in [0, 0.1) is 13.8 Å². The lowest BCUT2D eigenvalue weighted by Gasteiger charge is -2.34. The summed E-state index contributed by atoms with van der Waals surface area (Å²) < 4.78 is 0. The summed E-state index contributed by atoms with van der Waals surface area (Å²) in [6.07, 6.45) is 6.25. The van der Waals surface area contributed by atoms with Crippen LogP contribution in [0.1, 0.15) is 52.1 Å². The molecule has 1 atom stereocenters. The summed E-state index contributed by atoms with van der Waals surface area (Å²) >= 11 is 1.64. The van der Waals surface area contributed by atoms with Crippen molar-refractivity contribution in [2.45, 2.75) is 39.2 Å². The molecule has 0 spiro atoms. The van der Waals surface area contributed by atoms with E-state index in [0.717, 1.165) is 42.2 Å². The zero-order chi connectivity index (χ0) is 14.8. The number of carbonyl (C=O) groups excluding carboxylic acids is 1. The van der Waals surface area contributed by atoms with Gasteiger partial charge in [-0.1, -0.05) is 0 Å². The first-order valence-corrected chi connectivity index (χ1v) is 8.04. The van der Waals surface area contributed by atoms with E-state index >= 15 is 0 Å². The average Bonchev–Trinajstić information content (AvgIpc) is 2.93. The number of thiazole rings is 1. The maximum atomic E-state index is 12.8. The fourth-order valence-corrected chi connectivity index (χ4v) is 3.65. The van der Waals surface area contributed by atoms with Crippen LogP contribution in [0.2, 0.25) is 0 Å². The van der Waals surface area contributed by atoms with Gasteiger partial charge < -0.3 is 4.90 Å². The highest BCUT2D eigenvalue weighted by molar-refractivity contribution is 7.09. The number of likely N-dealkylation sites (tertiary alicyclic amines) is 1. The summed E-state index contributed by atoms with van der Waals surface area (Å²) in [6, 6.07) is 0.0876. The molecule has 0 unspecified atom stereocenters. The molecule has 3 rings (SSSR count). The molecule has 21 heavy (non-hydrogen) atoms. The Balaban J connectivity index is 1.91. The standard InChI is InChI=1S/C15H18N4OS/c1-10-8-21-14(18-10)13-5-3-4-6-19(13)15(20)12-7-16-9-17-11(12)2/h7-9,13H,3-6H2,1-2H3/t13-/m0/s1. The Morgan fingerprint density at radius 2 is 2.24 bits per heavy atom. The van der Waals surface area contributed by atoms with Crippen LogP contribution in [0.25, 0.3) is 0 Å². The first kappa shape index (κ1) is 14.1. The maximum absolute atomic E-state index is 12.8. The van der Waals surface area contributed by atoms with Crippen LogP contribution in [-0.4, -0.2) is 32.3 Å². The third-order valence-corrected chi connectivity index (χ3v) is 4.89. The predicted molar refractivity (Wildman–Crippen MR) is 81.2 cm³/mol. The van der Waals surface area contributed by atoms with Gasteiger partial charge in [-0.3, -0.25) is 4.79 Å². The van der Waals surface area contributed by atoms with Crippen LogP contribution in [0.4, 0.5) is 0 Å². The second kappa shape index (κ2) is 5.89. The average molecular weight is 302 g/mol. The molecule has 2 aromatic rings. The number of amides is 1. The number of nitrogens with zero attached hydrogens (tertiary/aromatic N) is 4. The highest BCUT2D eigenvalue weighted by Crippen LogP contribution is 2.33. The number of aromatic nitrogens is 3. The first-order valence-electron chi connectivity index (χ1n) is 7.16. The normalized spacial score (nSPS) is 18.8. The fourth-order valence-electron chi connectivity index (χ4n) is 2.71. The minimum absolute atomic E-state index is 0.0191. The summed E-state index contributed by atoms with van der Waals surface area (Å²) in [5.74, 6) is 0.0191. The number of carbonyl (C=O) groups is 1. The molecule has 1 saturated heterocycles. The van der Waals surface area contributed by atoms with Gasteiger partial charge in [-0.15, -0.1) is 11.3 Å². The summed E-state index contributed by atoms with van der Waals surface area (Å²) in [4.78, 5) is 27.5. The molecule has 0 aromatic carbocycles. The van der Waals surface area contributed by atoms with Crippen LogP contribution in [0.5, 0.6) is 0 Å². The van der Waals surface area contributed by atoms with Gasteiger partial charge in [0.1, 0.15) is 11.3 Å². The van der Waals surface area contributed by atoms with Crippen LogP contribution in [0.15, 0.2) is 17.9 Å². The largest absolute Gasteiger partial charge is 0.329 e. The highest BCUT2D eigenvalue weighted by atomic mass is 32.1. The summed E-state index contributed by atoms with van der Waals surface area (Å²) in [5, 5.41) is 3.08. The second-order valence-electron chi connectivity index (χ2n) is 5.36. The van der Waals surface area contributed by atoms with Crippen LogP contribution < -0.4 is 0 Å². The van der Waals surface area contributed by atoms with Crippen molar-refractivity contribution in [3.05, 3.63) is 39.9 Å². The van der Waals surface area contributed by atoms with Gasteiger partial charge in [0.2, 0.25) is 0 Å². The van der Waals surface area contributed by atoms with Crippen LogP contribution in [-0.2, 0) is 0 Å². The Kier molecular flexibility index (Phi) is 3.96. The smallest absolute Gasteiger partial charge is 0.257 e. The molecule has 0 radical (unpaired) electrons. The van der Waals surface area contributed by atoms with Crippen molar-refractivity contribution in [1.82, 2.24) is 19.9 Å². The molecular weight excluding hydrogens is 284 g/mol. The molecule has 1 fully saturated rings. The van der Waals surface area contributed by atoms with E-state index in [1.165, 1.54) is 6.33 Å². The number of hydrogen-bond acceptors (Lipinski definition) is 5. The zero-order valence-electron chi connectivity index (χ0n) is 12.2. The van der Waals surface area contributed by atoms with Crippen LogP contribution >= 0.6 is 11.3 Å². The second-order valence-corrected chi connectivity index (χ2v) is 6.25. The Morgan fingerprint density at radius 3 is 2.95 bits per heavy atom. The molecule has 1 amide bonds. The minimum Gasteiger partial charge on any atom is -0.329 e. The molecule has 1 aliphatic heterocycles. The summed E-state index contributed by atoms with van der Waals surface area (Å²) in [7, 11) is 0. The van der Waals surface area contributed by atoms with Gasteiger partial charge in [0.15, 0.2) is 0 Å². The topological polar surface area (TPSA) is 59.0 Å². The molecule has 0 bridgehead atoms. The molecule has 6 heteroatoms. The van der Waals surface area contributed by atoms with Crippen molar-refractivity contribution in [3.8, 4) is 0 Å². The van der Waals surface area contributed by atoms with Gasteiger partial charge in [0.25, 0.3) is 5.91 Å². The molecule has 2 aromatic heterocycles. The Labute approximate surface area is 128 Å². The number of hydrogen-bond donors (Lipinski definition) is 0. The highest BCUT2D eigenvalue weighted by Gasteiger charge is 2.31. The lowest BCUT2D eigenvalue weighted by Crippen LogP contribution is -2.39. The van der Waals surface area contributed by atoms with E-state index in [1.54, 1.807) is 17.5 Å². The van der Waals surface area contributed by atoms with Crippen molar-refractivity contribution in [1.29, 1.82) is 0 Å². The van der Waals surface area contributed by atoms with Crippen molar-refractivity contribution in [2.24, 2.45) is 0 Å². The van der Waals surface area contributed by atoms with Gasteiger partial charge in [0.05, 0.1) is 17.3 Å². The van der Waals surface area contributed by atoms with E-state index in [0.29, 0.717) is 5.56 Å². The monoisotopic (exact) mass is 302 g/mol. The van der Waals surface area contributed by atoms with E-state index in [2.05, 4.69) is 15.0 Å². The molecule has 0 aliphatic carbocycles. The van der Waals surface area contributed by atoms with Gasteiger partial charge in [-0.05, 0) is 33.1 Å². The number of piperidine rings is 1. The van der Waals surface area contributed by atoms with Crippen molar-refractivity contribution in [2.75, 3.05) is 6.54 Å². The third kappa shape index (κ3) is 2.81. The Morgan fingerprint density at radius 1 is 1.38 bits per heavy atom. The summed E-state index contributed by atoms with van der Waals surface area (Å²) in [6.45, 7) is 4.61. The molecule has 1 aliphatic rings. The quantitative estimate of drug-likeness (QED) is 0.856. The van der Waals surface area contributed by atoms with Crippen LogP contribution in [0.3, 0.4) is 0 Å².